The standard InChI is InChI=1S/C18H26Si/c1-14-7-9-15(10-8-14)18(2,3)16-11-12-17(13-16)19(4,5)6/h7-10,12-13H,11H2,1-6H3. The SMILES string of the molecule is Cc1ccc(C(C)(C)C2=CC([Si](C)(C)C)=CC2)cc1. The number of benzene rings is 1. The van der Waals surface area contributed by atoms with Crippen molar-refractivity contribution in [1.29, 1.82) is 0 Å². The van der Waals surface area contributed by atoms with Crippen LogP contribution in [0, 0.1) is 6.92 Å². The molecule has 1 aromatic rings. The fourth-order valence-corrected chi connectivity index (χ4v) is 3.96. The molecule has 0 amide bonds. The number of hydrogen-bond donors (Lipinski definition) is 0. The van der Waals surface area contributed by atoms with Gasteiger partial charge >= 0.3 is 0 Å². The quantitative estimate of drug-likeness (QED) is 0.645. The van der Waals surface area contributed by atoms with Crippen molar-refractivity contribution in [1.82, 2.24) is 0 Å². The molecule has 1 aromatic carbocycles. The normalized spacial score (nSPS) is 16.3. The molecule has 0 spiro atoms. The summed E-state index contributed by atoms with van der Waals surface area (Å²) in [5.74, 6) is 0. The van der Waals surface area contributed by atoms with Crippen LogP contribution in [0.4, 0.5) is 0 Å². The maximum absolute atomic E-state index is 2.48. The van der Waals surface area contributed by atoms with E-state index in [4.69, 9.17) is 0 Å². The molecule has 0 saturated heterocycles. The molecule has 1 heteroatoms. The van der Waals surface area contributed by atoms with E-state index < -0.39 is 8.07 Å². The molecule has 0 fully saturated rings. The van der Waals surface area contributed by atoms with E-state index in [2.05, 4.69) is 76.8 Å². The summed E-state index contributed by atoms with van der Waals surface area (Å²) < 4.78 is 0. The van der Waals surface area contributed by atoms with Crippen molar-refractivity contribution >= 4 is 8.07 Å². The van der Waals surface area contributed by atoms with E-state index in [0.29, 0.717) is 0 Å². The van der Waals surface area contributed by atoms with Crippen LogP contribution in [0.3, 0.4) is 0 Å². The average Bonchev–Trinajstić information content (AvgIpc) is 2.79. The van der Waals surface area contributed by atoms with Crippen LogP contribution in [0.1, 0.15) is 31.4 Å². The highest BCUT2D eigenvalue weighted by Gasteiger charge is 2.30. The third kappa shape index (κ3) is 2.92. The maximum atomic E-state index is 2.48. The van der Waals surface area contributed by atoms with Crippen LogP contribution >= 0.6 is 0 Å². The zero-order valence-corrected chi connectivity index (χ0v) is 14.2. The molecule has 2 rings (SSSR count). The molecule has 0 nitrogen and oxygen atoms in total. The minimum absolute atomic E-state index is 0.144. The lowest BCUT2D eigenvalue weighted by Crippen LogP contribution is -2.23. The van der Waals surface area contributed by atoms with Crippen molar-refractivity contribution in [2.75, 3.05) is 0 Å². The van der Waals surface area contributed by atoms with Gasteiger partial charge in [0.25, 0.3) is 0 Å². The van der Waals surface area contributed by atoms with E-state index in [-0.39, 0.29) is 5.41 Å². The number of rotatable bonds is 3. The van der Waals surface area contributed by atoms with Crippen molar-refractivity contribution in [2.45, 2.75) is 52.2 Å². The van der Waals surface area contributed by atoms with Gasteiger partial charge in [-0.05, 0) is 18.9 Å². The van der Waals surface area contributed by atoms with Gasteiger partial charge in [-0.2, -0.15) is 0 Å². The third-order valence-electron chi connectivity index (χ3n) is 4.31. The molecule has 1 aliphatic carbocycles. The lowest BCUT2D eigenvalue weighted by atomic mass is 9.77. The number of allylic oxidation sites excluding steroid dienone is 4. The average molecular weight is 270 g/mol. The molecule has 19 heavy (non-hydrogen) atoms. The van der Waals surface area contributed by atoms with E-state index in [1.165, 1.54) is 11.1 Å². The fraction of sp³-hybridized carbons (Fsp3) is 0.444. The summed E-state index contributed by atoms with van der Waals surface area (Å²) in [5, 5.41) is 1.61. The first-order chi connectivity index (χ1) is 8.71. The highest BCUT2D eigenvalue weighted by molar-refractivity contribution is 6.83. The van der Waals surface area contributed by atoms with Crippen LogP contribution in [0.2, 0.25) is 19.6 Å². The number of aryl methyl sites for hydroxylation is 1. The minimum Gasteiger partial charge on any atom is -0.0812 e. The van der Waals surface area contributed by atoms with E-state index in [1.54, 1.807) is 10.8 Å². The Kier molecular flexibility index (Phi) is 3.61. The van der Waals surface area contributed by atoms with Gasteiger partial charge in [0.15, 0.2) is 0 Å². The van der Waals surface area contributed by atoms with Crippen molar-refractivity contribution in [3.05, 3.63) is 58.3 Å². The van der Waals surface area contributed by atoms with Gasteiger partial charge in [0.05, 0.1) is 8.07 Å². The first-order valence-electron chi connectivity index (χ1n) is 7.20. The number of hydrogen-bond acceptors (Lipinski definition) is 0. The summed E-state index contributed by atoms with van der Waals surface area (Å²) in [5.41, 5.74) is 4.47. The van der Waals surface area contributed by atoms with Gasteiger partial charge in [-0.15, -0.1) is 0 Å². The second kappa shape index (κ2) is 4.79. The maximum Gasteiger partial charge on any atom is 0.0771 e. The van der Waals surface area contributed by atoms with E-state index in [9.17, 15) is 0 Å². The van der Waals surface area contributed by atoms with Gasteiger partial charge in [-0.3, -0.25) is 0 Å². The van der Waals surface area contributed by atoms with Gasteiger partial charge in [-0.25, -0.2) is 0 Å². The lowest BCUT2D eigenvalue weighted by Gasteiger charge is -2.28. The first-order valence-corrected chi connectivity index (χ1v) is 10.7. The second-order valence-electron chi connectivity index (χ2n) is 7.27. The van der Waals surface area contributed by atoms with Gasteiger partial charge in [-0.1, -0.05) is 86.2 Å². The molecule has 0 aliphatic heterocycles. The molecule has 0 aromatic heterocycles. The highest BCUT2D eigenvalue weighted by atomic mass is 28.3. The van der Waals surface area contributed by atoms with Crippen LogP contribution < -0.4 is 0 Å². The molecule has 0 radical (unpaired) electrons. The molecule has 1 aliphatic rings. The van der Waals surface area contributed by atoms with Crippen molar-refractivity contribution in [3.8, 4) is 0 Å². The Morgan fingerprint density at radius 1 is 1.00 bits per heavy atom. The van der Waals surface area contributed by atoms with Crippen LogP contribution in [0.25, 0.3) is 0 Å². The zero-order valence-electron chi connectivity index (χ0n) is 13.2. The Hall–Kier alpha value is -1.08. The van der Waals surface area contributed by atoms with Gasteiger partial charge in [0, 0.05) is 5.41 Å². The summed E-state index contributed by atoms with van der Waals surface area (Å²) in [4.78, 5) is 0. The van der Waals surface area contributed by atoms with Gasteiger partial charge < -0.3 is 0 Å². The molecule has 102 valence electrons. The van der Waals surface area contributed by atoms with Crippen molar-refractivity contribution < 1.29 is 0 Å². The molecule has 0 unspecified atom stereocenters. The largest absolute Gasteiger partial charge is 0.0812 e. The molecule has 0 N–H and O–H groups in total. The van der Waals surface area contributed by atoms with Crippen molar-refractivity contribution in [3.63, 3.8) is 0 Å². The Morgan fingerprint density at radius 3 is 2.05 bits per heavy atom. The molecule has 0 heterocycles. The summed E-state index contributed by atoms with van der Waals surface area (Å²) in [7, 11) is -1.17. The van der Waals surface area contributed by atoms with E-state index in [1.807, 2.05) is 0 Å². The predicted octanol–water partition coefficient (Wildman–Crippen LogP) is 5.41. The highest BCUT2D eigenvalue weighted by Crippen LogP contribution is 2.39. The van der Waals surface area contributed by atoms with E-state index >= 15 is 0 Å². The third-order valence-corrected chi connectivity index (χ3v) is 6.39. The van der Waals surface area contributed by atoms with Crippen molar-refractivity contribution in [2.24, 2.45) is 0 Å². The molecule has 0 saturated carbocycles. The monoisotopic (exact) mass is 270 g/mol. The van der Waals surface area contributed by atoms with Gasteiger partial charge in [0.2, 0.25) is 0 Å². The van der Waals surface area contributed by atoms with Crippen LogP contribution in [-0.2, 0) is 5.41 Å². The summed E-state index contributed by atoms with van der Waals surface area (Å²) in [6, 6.07) is 9.00. The van der Waals surface area contributed by atoms with Crippen LogP contribution in [0.15, 0.2) is 47.2 Å². The topological polar surface area (TPSA) is 0 Å². The van der Waals surface area contributed by atoms with Crippen LogP contribution in [-0.4, -0.2) is 8.07 Å². The molecular weight excluding hydrogens is 244 g/mol. The second-order valence-corrected chi connectivity index (χ2v) is 12.4. The predicted molar refractivity (Wildman–Crippen MR) is 88.3 cm³/mol. The Bertz CT molecular complexity index is 522. The molecule has 0 atom stereocenters. The molecular formula is C18H26Si. The zero-order chi connectivity index (χ0) is 14.3. The Labute approximate surface area is 119 Å². The smallest absolute Gasteiger partial charge is 0.0771 e. The molecule has 0 bridgehead atoms. The Balaban J connectivity index is 2.30. The summed E-state index contributed by atoms with van der Waals surface area (Å²) in [6.45, 7) is 14.1. The fourth-order valence-electron chi connectivity index (χ4n) is 2.64. The van der Waals surface area contributed by atoms with Gasteiger partial charge in [0.1, 0.15) is 0 Å². The van der Waals surface area contributed by atoms with E-state index in [0.717, 1.165) is 6.42 Å². The lowest BCUT2D eigenvalue weighted by molar-refractivity contribution is 0.613. The summed E-state index contributed by atoms with van der Waals surface area (Å²) >= 11 is 0. The first kappa shape index (κ1) is 14.3. The summed E-state index contributed by atoms with van der Waals surface area (Å²) in [6.07, 6.45) is 6.06. The Morgan fingerprint density at radius 2 is 1.58 bits per heavy atom. The minimum atomic E-state index is -1.17. The van der Waals surface area contributed by atoms with Crippen LogP contribution in [0.5, 0.6) is 0 Å².